The maximum Gasteiger partial charge on any atom is 0.264 e. The molecule has 0 aliphatic heterocycles. The third-order valence-corrected chi connectivity index (χ3v) is 6.40. The van der Waals surface area contributed by atoms with E-state index in [-0.39, 0.29) is 12.5 Å². The van der Waals surface area contributed by atoms with Crippen LogP contribution >= 0.6 is 11.3 Å². The van der Waals surface area contributed by atoms with E-state index in [4.69, 9.17) is 9.47 Å². The summed E-state index contributed by atoms with van der Waals surface area (Å²) in [6.07, 6.45) is 2.08. The van der Waals surface area contributed by atoms with Crippen molar-refractivity contribution in [1.29, 1.82) is 0 Å². The van der Waals surface area contributed by atoms with E-state index in [1.807, 2.05) is 12.3 Å². The number of ether oxygens (including phenoxy) is 2. The summed E-state index contributed by atoms with van der Waals surface area (Å²) in [5.41, 5.74) is 2.05. The Bertz CT molecular complexity index is 1140. The number of carbonyl (C=O) groups excluding carboxylic acids is 1. The molecule has 3 aromatic rings. The molecule has 0 saturated carbocycles. The van der Waals surface area contributed by atoms with E-state index in [0.717, 1.165) is 24.0 Å². The van der Waals surface area contributed by atoms with Crippen molar-refractivity contribution in [2.75, 3.05) is 36.1 Å². The Hall–Kier alpha value is -3.11. The van der Waals surface area contributed by atoms with Gasteiger partial charge < -0.3 is 9.47 Å². The fraction of sp³-hybridized carbons (Fsp3) is 0.273. The number of anilines is 2. The Labute approximate surface area is 191 Å². The fourth-order valence-electron chi connectivity index (χ4n) is 2.65. The zero-order valence-corrected chi connectivity index (χ0v) is 19.7. The van der Waals surface area contributed by atoms with Crippen molar-refractivity contribution in [2.24, 2.45) is 0 Å². The van der Waals surface area contributed by atoms with Crippen molar-refractivity contribution in [3.05, 3.63) is 53.9 Å². The Morgan fingerprint density at radius 3 is 2.28 bits per heavy atom. The summed E-state index contributed by atoms with van der Waals surface area (Å²) >= 11 is 1.30. The van der Waals surface area contributed by atoms with Crippen LogP contribution in [0.25, 0.3) is 11.3 Å². The minimum absolute atomic E-state index is 0.142. The number of hydrogen-bond acceptors (Lipinski definition) is 7. The molecular formula is C22H25N3O5S2. The molecule has 0 spiro atoms. The van der Waals surface area contributed by atoms with Gasteiger partial charge in [0.15, 0.2) is 11.7 Å². The summed E-state index contributed by atoms with van der Waals surface area (Å²) in [5, 5.41) is 5.00. The Balaban J connectivity index is 1.54. The van der Waals surface area contributed by atoms with Crippen molar-refractivity contribution in [3.8, 4) is 22.8 Å². The van der Waals surface area contributed by atoms with Crippen LogP contribution in [0, 0.1) is 0 Å². The SMILES string of the molecule is CCCOc1ccc(OCC(=O)Nc2nc(-c3ccc(N(C)S(C)(=O)=O)cc3)cs2)cc1. The van der Waals surface area contributed by atoms with Crippen LogP contribution in [0.15, 0.2) is 53.9 Å². The van der Waals surface area contributed by atoms with Gasteiger partial charge in [-0.25, -0.2) is 13.4 Å². The molecule has 8 nitrogen and oxygen atoms in total. The van der Waals surface area contributed by atoms with Crippen LogP contribution in [-0.4, -0.2) is 45.8 Å². The van der Waals surface area contributed by atoms with Crippen LogP contribution in [0.5, 0.6) is 11.5 Å². The average Bonchev–Trinajstić information content (AvgIpc) is 3.24. The van der Waals surface area contributed by atoms with E-state index in [1.165, 1.54) is 22.7 Å². The van der Waals surface area contributed by atoms with Crippen LogP contribution in [0.3, 0.4) is 0 Å². The van der Waals surface area contributed by atoms with E-state index in [0.29, 0.717) is 28.9 Å². The number of thiazole rings is 1. The maximum absolute atomic E-state index is 12.2. The molecule has 170 valence electrons. The summed E-state index contributed by atoms with van der Waals surface area (Å²) < 4.78 is 35.5. The lowest BCUT2D eigenvalue weighted by atomic mass is 10.1. The van der Waals surface area contributed by atoms with Gasteiger partial charge in [-0.3, -0.25) is 14.4 Å². The molecule has 32 heavy (non-hydrogen) atoms. The lowest BCUT2D eigenvalue weighted by Crippen LogP contribution is -2.24. The first-order valence-corrected chi connectivity index (χ1v) is 12.6. The van der Waals surface area contributed by atoms with Crippen molar-refractivity contribution in [3.63, 3.8) is 0 Å². The molecule has 0 unspecified atom stereocenters. The highest BCUT2D eigenvalue weighted by molar-refractivity contribution is 7.92. The molecule has 1 aromatic heterocycles. The average molecular weight is 476 g/mol. The molecule has 0 fully saturated rings. The first-order chi connectivity index (χ1) is 15.3. The molecule has 0 atom stereocenters. The second kappa shape index (κ2) is 10.5. The molecule has 1 amide bonds. The summed E-state index contributed by atoms with van der Waals surface area (Å²) in [6.45, 7) is 2.55. The molecule has 2 aromatic carbocycles. The standard InChI is InChI=1S/C22H25N3O5S2/c1-4-13-29-18-9-11-19(12-10-18)30-14-21(26)24-22-23-20(15-31-22)16-5-7-17(8-6-16)25(2)32(3,27)28/h5-12,15H,4,13-14H2,1-3H3,(H,23,24,26). The van der Waals surface area contributed by atoms with E-state index in [9.17, 15) is 13.2 Å². The highest BCUT2D eigenvalue weighted by atomic mass is 32.2. The van der Waals surface area contributed by atoms with Gasteiger partial charge in [0.25, 0.3) is 5.91 Å². The van der Waals surface area contributed by atoms with Crippen LogP contribution < -0.4 is 19.1 Å². The van der Waals surface area contributed by atoms with Crippen LogP contribution in [0.4, 0.5) is 10.8 Å². The minimum Gasteiger partial charge on any atom is -0.494 e. The summed E-state index contributed by atoms with van der Waals surface area (Å²) in [4.78, 5) is 16.6. The number of hydrogen-bond donors (Lipinski definition) is 1. The molecule has 1 heterocycles. The highest BCUT2D eigenvalue weighted by Crippen LogP contribution is 2.27. The molecule has 0 saturated heterocycles. The van der Waals surface area contributed by atoms with Gasteiger partial charge in [0.05, 0.1) is 24.2 Å². The zero-order chi connectivity index (χ0) is 23.1. The van der Waals surface area contributed by atoms with E-state index in [1.54, 1.807) is 48.5 Å². The fourth-order valence-corrected chi connectivity index (χ4v) is 3.89. The maximum atomic E-state index is 12.2. The van der Waals surface area contributed by atoms with E-state index < -0.39 is 10.0 Å². The number of rotatable bonds is 10. The molecule has 0 aliphatic carbocycles. The normalized spacial score (nSPS) is 11.1. The smallest absolute Gasteiger partial charge is 0.264 e. The molecule has 0 radical (unpaired) electrons. The molecular weight excluding hydrogens is 450 g/mol. The predicted octanol–water partition coefficient (Wildman–Crippen LogP) is 4.01. The van der Waals surface area contributed by atoms with Gasteiger partial charge in [0.1, 0.15) is 11.5 Å². The number of carbonyl (C=O) groups is 1. The number of amides is 1. The molecule has 3 rings (SSSR count). The molecule has 0 bridgehead atoms. The lowest BCUT2D eigenvalue weighted by molar-refractivity contribution is -0.118. The van der Waals surface area contributed by atoms with Gasteiger partial charge in [0.2, 0.25) is 10.0 Å². The van der Waals surface area contributed by atoms with Gasteiger partial charge in [-0.05, 0) is 42.8 Å². The van der Waals surface area contributed by atoms with Gasteiger partial charge in [-0.2, -0.15) is 0 Å². The number of sulfonamides is 1. The number of aromatic nitrogens is 1. The number of benzene rings is 2. The Morgan fingerprint density at radius 1 is 1.06 bits per heavy atom. The van der Waals surface area contributed by atoms with Crippen LogP contribution in [0.1, 0.15) is 13.3 Å². The first-order valence-electron chi connectivity index (χ1n) is 9.91. The van der Waals surface area contributed by atoms with Gasteiger partial charge in [-0.1, -0.05) is 19.1 Å². The Morgan fingerprint density at radius 2 is 1.69 bits per heavy atom. The van der Waals surface area contributed by atoms with Crippen molar-refractivity contribution in [1.82, 2.24) is 4.98 Å². The van der Waals surface area contributed by atoms with Crippen molar-refractivity contribution < 1.29 is 22.7 Å². The Kier molecular flexibility index (Phi) is 7.70. The predicted molar refractivity (Wildman–Crippen MR) is 127 cm³/mol. The van der Waals surface area contributed by atoms with Gasteiger partial charge in [0, 0.05) is 18.0 Å². The third-order valence-electron chi connectivity index (χ3n) is 4.44. The second-order valence-corrected chi connectivity index (χ2v) is 9.84. The zero-order valence-electron chi connectivity index (χ0n) is 18.1. The molecule has 1 N–H and O–H groups in total. The van der Waals surface area contributed by atoms with Crippen molar-refractivity contribution >= 4 is 38.1 Å². The highest BCUT2D eigenvalue weighted by Gasteiger charge is 2.13. The van der Waals surface area contributed by atoms with E-state index >= 15 is 0 Å². The number of nitrogens with one attached hydrogen (secondary N) is 1. The van der Waals surface area contributed by atoms with Gasteiger partial charge in [-0.15, -0.1) is 11.3 Å². The van der Waals surface area contributed by atoms with Gasteiger partial charge >= 0.3 is 0 Å². The lowest BCUT2D eigenvalue weighted by Gasteiger charge is -2.16. The summed E-state index contributed by atoms with van der Waals surface area (Å²) in [6, 6.07) is 14.1. The minimum atomic E-state index is -3.32. The van der Waals surface area contributed by atoms with Crippen molar-refractivity contribution in [2.45, 2.75) is 13.3 Å². The largest absolute Gasteiger partial charge is 0.494 e. The topological polar surface area (TPSA) is 97.8 Å². The summed E-state index contributed by atoms with van der Waals surface area (Å²) in [7, 11) is -1.82. The van der Waals surface area contributed by atoms with Crippen LogP contribution in [-0.2, 0) is 14.8 Å². The number of nitrogens with zero attached hydrogens (tertiary/aromatic N) is 2. The second-order valence-electron chi connectivity index (χ2n) is 6.97. The quantitative estimate of drug-likeness (QED) is 0.476. The third kappa shape index (κ3) is 6.44. The summed E-state index contributed by atoms with van der Waals surface area (Å²) in [5.74, 6) is 1.01. The van der Waals surface area contributed by atoms with Crippen LogP contribution in [0.2, 0.25) is 0 Å². The monoisotopic (exact) mass is 475 g/mol. The van der Waals surface area contributed by atoms with E-state index in [2.05, 4.69) is 10.3 Å². The first kappa shape index (κ1) is 23.6. The molecule has 10 heteroatoms. The molecule has 0 aliphatic rings.